The second kappa shape index (κ2) is 9.11. The number of nitro benzene ring substituents is 1. The van der Waals surface area contributed by atoms with E-state index < -0.39 is 4.92 Å². The van der Waals surface area contributed by atoms with Gasteiger partial charge in [-0.3, -0.25) is 10.1 Å². The Morgan fingerprint density at radius 1 is 1.21 bits per heavy atom. The first kappa shape index (κ1) is 19.5. The molecule has 0 aliphatic rings. The number of hydrogen-bond acceptors (Lipinski definition) is 5. The first-order valence-corrected chi connectivity index (χ1v) is 9.32. The molecule has 144 valence electrons. The van der Waals surface area contributed by atoms with E-state index in [2.05, 4.69) is 15.6 Å². The summed E-state index contributed by atoms with van der Waals surface area (Å²) in [7, 11) is 0. The third kappa shape index (κ3) is 4.53. The number of nitriles is 1. The molecule has 3 aromatic rings. The van der Waals surface area contributed by atoms with Gasteiger partial charge >= 0.3 is 0 Å². The number of rotatable bonds is 9. The minimum atomic E-state index is -0.399. The molecule has 0 fully saturated rings. The van der Waals surface area contributed by atoms with Crippen molar-refractivity contribution in [1.82, 2.24) is 9.55 Å². The molecule has 0 radical (unpaired) electrons. The van der Waals surface area contributed by atoms with Crippen LogP contribution in [0.1, 0.15) is 30.3 Å². The summed E-state index contributed by atoms with van der Waals surface area (Å²) >= 11 is 0. The Labute approximate surface area is 163 Å². The van der Waals surface area contributed by atoms with Gasteiger partial charge in [-0.25, -0.2) is 4.98 Å². The van der Waals surface area contributed by atoms with Crippen molar-refractivity contribution in [3.05, 3.63) is 69.5 Å². The predicted molar refractivity (Wildman–Crippen MR) is 106 cm³/mol. The van der Waals surface area contributed by atoms with Crippen LogP contribution in [0.15, 0.2) is 42.5 Å². The lowest BCUT2D eigenvalue weighted by molar-refractivity contribution is -0.384. The number of nitrogens with zero attached hydrogens (tertiary/aromatic N) is 4. The van der Waals surface area contributed by atoms with Gasteiger partial charge in [0, 0.05) is 38.3 Å². The van der Waals surface area contributed by atoms with Gasteiger partial charge in [-0.1, -0.05) is 12.1 Å². The van der Waals surface area contributed by atoms with Crippen LogP contribution in [0.3, 0.4) is 0 Å². The molecule has 0 spiro atoms. The van der Waals surface area contributed by atoms with Crippen LogP contribution < -0.4 is 0 Å². The fourth-order valence-electron chi connectivity index (χ4n) is 3.19. The van der Waals surface area contributed by atoms with Crippen LogP contribution in [-0.2, 0) is 24.1 Å². The maximum absolute atomic E-state index is 11.1. The number of fused-ring (bicyclic) bond motifs is 1. The molecule has 7 heteroatoms. The van der Waals surface area contributed by atoms with Crippen molar-refractivity contribution in [2.24, 2.45) is 0 Å². The lowest BCUT2D eigenvalue weighted by atomic mass is 10.1. The molecule has 0 aliphatic heterocycles. The summed E-state index contributed by atoms with van der Waals surface area (Å²) in [6.45, 7) is 4.06. The number of imidazole rings is 1. The van der Waals surface area contributed by atoms with Crippen LogP contribution in [0.4, 0.5) is 5.69 Å². The Kier molecular flexibility index (Phi) is 6.35. The topological polar surface area (TPSA) is 94.0 Å². The van der Waals surface area contributed by atoms with Gasteiger partial charge in [0.1, 0.15) is 5.82 Å². The Morgan fingerprint density at radius 3 is 2.68 bits per heavy atom. The monoisotopic (exact) mass is 378 g/mol. The van der Waals surface area contributed by atoms with E-state index in [4.69, 9.17) is 10.00 Å². The van der Waals surface area contributed by atoms with E-state index in [0.29, 0.717) is 30.7 Å². The Balaban J connectivity index is 1.84. The lowest BCUT2D eigenvalue weighted by Crippen LogP contribution is -2.08. The maximum atomic E-state index is 11.1. The van der Waals surface area contributed by atoms with E-state index in [9.17, 15) is 10.1 Å². The van der Waals surface area contributed by atoms with Crippen molar-refractivity contribution in [2.45, 2.75) is 32.7 Å². The normalized spacial score (nSPS) is 10.9. The highest BCUT2D eigenvalue weighted by molar-refractivity contribution is 5.78. The summed E-state index contributed by atoms with van der Waals surface area (Å²) in [5.41, 5.74) is 3.35. The van der Waals surface area contributed by atoms with Crippen LogP contribution in [0.2, 0.25) is 0 Å². The quantitative estimate of drug-likeness (QED) is 0.318. The molecular weight excluding hydrogens is 356 g/mol. The Morgan fingerprint density at radius 2 is 2.00 bits per heavy atom. The third-order valence-corrected chi connectivity index (χ3v) is 4.62. The molecule has 0 bridgehead atoms. The van der Waals surface area contributed by atoms with Crippen molar-refractivity contribution in [3.63, 3.8) is 0 Å². The molecule has 1 aromatic heterocycles. The van der Waals surface area contributed by atoms with E-state index in [1.807, 2.05) is 31.2 Å². The zero-order valence-corrected chi connectivity index (χ0v) is 15.8. The molecule has 0 unspecified atom stereocenters. The summed E-state index contributed by atoms with van der Waals surface area (Å²) < 4.78 is 7.56. The van der Waals surface area contributed by atoms with E-state index in [1.54, 1.807) is 6.07 Å². The number of ether oxygens (including phenoxy) is 1. The highest BCUT2D eigenvalue weighted by atomic mass is 16.6. The van der Waals surface area contributed by atoms with Crippen molar-refractivity contribution >= 4 is 16.7 Å². The number of non-ortho nitro benzene ring substituents is 1. The zero-order chi connectivity index (χ0) is 19.9. The third-order valence-electron chi connectivity index (χ3n) is 4.62. The number of nitro groups is 1. The summed E-state index contributed by atoms with van der Waals surface area (Å²) in [5.74, 6) is 0.899. The maximum Gasteiger partial charge on any atom is 0.271 e. The van der Waals surface area contributed by atoms with Gasteiger partial charge in [0.05, 0.1) is 27.6 Å². The highest BCUT2D eigenvalue weighted by Gasteiger charge is 2.14. The second-order valence-corrected chi connectivity index (χ2v) is 6.47. The highest BCUT2D eigenvalue weighted by Crippen LogP contribution is 2.23. The SMILES string of the molecule is CCOCCCn1c(CCc2ccc(C#N)cc2)nc2cc([N+](=O)[O-])ccc21. The van der Waals surface area contributed by atoms with E-state index in [0.717, 1.165) is 36.3 Å². The van der Waals surface area contributed by atoms with E-state index >= 15 is 0 Å². The predicted octanol–water partition coefficient (Wildman–Crippen LogP) is 4.03. The van der Waals surface area contributed by atoms with Gasteiger partial charge < -0.3 is 9.30 Å². The molecule has 0 amide bonds. The van der Waals surface area contributed by atoms with Crippen LogP contribution in [0, 0.1) is 21.4 Å². The largest absolute Gasteiger partial charge is 0.382 e. The lowest BCUT2D eigenvalue weighted by Gasteiger charge is -2.09. The van der Waals surface area contributed by atoms with Gasteiger partial charge in [-0.2, -0.15) is 5.26 Å². The second-order valence-electron chi connectivity index (χ2n) is 6.47. The number of benzene rings is 2. The van der Waals surface area contributed by atoms with E-state index in [-0.39, 0.29) is 5.69 Å². The Hall–Kier alpha value is -3.24. The van der Waals surface area contributed by atoms with Crippen molar-refractivity contribution < 1.29 is 9.66 Å². The summed E-state index contributed by atoms with van der Waals surface area (Å²) in [6, 6.07) is 14.5. The molecule has 3 rings (SSSR count). The Bertz CT molecular complexity index is 1000. The molecule has 7 nitrogen and oxygen atoms in total. The van der Waals surface area contributed by atoms with Gasteiger partial charge in [-0.15, -0.1) is 0 Å². The standard InChI is InChI=1S/C21H22N4O3/c1-2-28-13-3-12-24-20-10-9-18(25(26)27)14-19(20)23-21(24)11-8-16-4-6-17(15-22)7-5-16/h4-7,9-10,14H,2-3,8,11-13H2,1H3. The summed E-state index contributed by atoms with van der Waals surface area (Å²) in [5, 5.41) is 20.0. The van der Waals surface area contributed by atoms with Crippen molar-refractivity contribution in [2.75, 3.05) is 13.2 Å². The first-order valence-electron chi connectivity index (χ1n) is 9.32. The first-order chi connectivity index (χ1) is 13.6. The van der Waals surface area contributed by atoms with Gasteiger partial charge in [-0.05, 0) is 43.5 Å². The average molecular weight is 378 g/mol. The van der Waals surface area contributed by atoms with E-state index in [1.165, 1.54) is 12.1 Å². The van der Waals surface area contributed by atoms with Crippen LogP contribution >= 0.6 is 0 Å². The number of aromatic nitrogens is 2. The molecule has 1 heterocycles. The molecule has 2 aromatic carbocycles. The van der Waals surface area contributed by atoms with Gasteiger partial charge in [0.2, 0.25) is 0 Å². The number of hydrogen-bond donors (Lipinski definition) is 0. The van der Waals surface area contributed by atoms with Crippen molar-refractivity contribution in [3.8, 4) is 6.07 Å². The van der Waals surface area contributed by atoms with Crippen LogP contribution in [0.25, 0.3) is 11.0 Å². The fourth-order valence-corrected chi connectivity index (χ4v) is 3.19. The molecule has 0 atom stereocenters. The summed E-state index contributed by atoms with van der Waals surface area (Å²) in [4.78, 5) is 15.3. The molecule has 28 heavy (non-hydrogen) atoms. The molecule has 0 saturated carbocycles. The zero-order valence-electron chi connectivity index (χ0n) is 15.8. The molecule has 0 N–H and O–H groups in total. The molecule has 0 saturated heterocycles. The molecule has 0 aliphatic carbocycles. The van der Waals surface area contributed by atoms with Crippen LogP contribution in [-0.4, -0.2) is 27.7 Å². The van der Waals surface area contributed by atoms with Crippen molar-refractivity contribution in [1.29, 1.82) is 5.26 Å². The molecular formula is C21H22N4O3. The van der Waals surface area contributed by atoms with Gasteiger partial charge in [0.25, 0.3) is 5.69 Å². The minimum absolute atomic E-state index is 0.0464. The smallest absolute Gasteiger partial charge is 0.271 e. The minimum Gasteiger partial charge on any atom is -0.382 e. The fraction of sp³-hybridized carbons (Fsp3) is 0.333. The number of aryl methyl sites for hydroxylation is 3. The average Bonchev–Trinajstić information content (AvgIpc) is 3.06. The van der Waals surface area contributed by atoms with Crippen LogP contribution in [0.5, 0.6) is 0 Å². The van der Waals surface area contributed by atoms with Gasteiger partial charge in [0.15, 0.2) is 0 Å². The summed E-state index contributed by atoms with van der Waals surface area (Å²) in [6.07, 6.45) is 2.34.